The second-order valence-corrected chi connectivity index (χ2v) is 5.30. The fourth-order valence-electron chi connectivity index (χ4n) is 1.61. The van der Waals surface area contributed by atoms with Crippen LogP contribution in [0, 0.1) is 0 Å². The van der Waals surface area contributed by atoms with Gasteiger partial charge in [0.1, 0.15) is 6.04 Å². The summed E-state index contributed by atoms with van der Waals surface area (Å²) in [4.78, 5) is 22.7. The van der Waals surface area contributed by atoms with E-state index in [-0.39, 0.29) is 17.9 Å². The quantitative estimate of drug-likeness (QED) is 0.374. The molecule has 21 heavy (non-hydrogen) atoms. The number of benzene rings is 1. The zero-order chi connectivity index (χ0) is 15.8. The lowest BCUT2D eigenvalue weighted by Gasteiger charge is -2.15. The third kappa shape index (κ3) is 5.82. The molecule has 5 N–H and O–H groups in total. The summed E-state index contributed by atoms with van der Waals surface area (Å²) >= 11 is 1.56. The Morgan fingerprint density at radius 1 is 1.29 bits per heavy atom. The van der Waals surface area contributed by atoms with Crippen molar-refractivity contribution in [3.8, 4) is 11.5 Å². The van der Waals surface area contributed by atoms with Gasteiger partial charge in [0.2, 0.25) is 0 Å². The van der Waals surface area contributed by atoms with Crippen LogP contribution in [0.3, 0.4) is 0 Å². The molecule has 0 fully saturated rings. The van der Waals surface area contributed by atoms with Gasteiger partial charge in [0, 0.05) is 18.7 Å². The topological polar surface area (TPSA) is 119 Å². The van der Waals surface area contributed by atoms with Gasteiger partial charge in [0.15, 0.2) is 11.5 Å². The maximum absolute atomic E-state index is 11.6. The summed E-state index contributed by atoms with van der Waals surface area (Å²) < 4.78 is 0. The lowest BCUT2D eigenvalue weighted by atomic mass is 10.1. The van der Waals surface area contributed by atoms with E-state index in [1.165, 1.54) is 18.2 Å². The van der Waals surface area contributed by atoms with E-state index in [4.69, 9.17) is 5.11 Å². The monoisotopic (exact) mass is 314 g/mol. The zero-order valence-corrected chi connectivity index (χ0v) is 12.3. The third-order valence-electron chi connectivity index (χ3n) is 2.67. The predicted molar refractivity (Wildman–Crippen MR) is 79.8 cm³/mol. The van der Waals surface area contributed by atoms with Crippen LogP contribution >= 0.6 is 11.8 Å². The lowest BCUT2D eigenvalue weighted by molar-refractivity contribution is -0.139. The van der Waals surface area contributed by atoms with Crippen LogP contribution < -0.4 is 10.6 Å². The highest BCUT2D eigenvalue weighted by atomic mass is 32.2. The number of nitrogens with one attached hydrogen (secondary N) is 2. The second kappa shape index (κ2) is 8.25. The average molecular weight is 314 g/mol. The minimum Gasteiger partial charge on any atom is -0.504 e. The molecule has 1 aromatic carbocycles. The average Bonchev–Trinajstić information content (AvgIpc) is 2.42. The molecule has 8 heteroatoms. The minimum absolute atomic E-state index is 0.000872. The molecule has 0 aliphatic carbocycles. The Labute approximate surface area is 126 Å². The summed E-state index contributed by atoms with van der Waals surface area (Å²) in [5.41, 5.74) is 0.488. The van der Waals surface area contributed by atoms with Gasteiger partial charge >= 0.3 is 12.0 Å². The molecule has 0 saturated carbocycles. The largest absolute Gasteiger partial charge is 0.504 e. The number of thioether (sulfide) groups is 1. The molecular weight excluding hydrogens is 296 g/mol. The van der Waals surface area contributed by atoms with Gasteiger partial charge in [0.05, 0.1) is 0 Å². The predicted octanol–water partition coefficient (Wildman–Crippen LogP) is 0.756. The van der Waals surface area contributed by atoms with Gasteiger partial charge in [-0.25, -0.2) is 9.59 Å². The van der Waals surface area contributed by atoms with Crippen molar-refractivity contribution in [2.75, 3.05) is 18.6 Å². The summed E-state index contributed by atoms with van der Waals surface area (Å²) in [6.45, 7) is 0.444. The van der Waals surface area contributed by atoms with Crippen LogP contribution in [0.15, 0.2) is 18.2 Å². The van der Waals surface area contributed by atoms with Crippen LogP contribution in [-0.4, -0.2) is 51.9 Å². The lowest BCUT2D eigenvalue weighted by Crippen LogP contribution is -2.47. The molecule has 2 amide bonds. The first kappa shape index (κ1) is 17.0. The number of aliphatic carboxylic acids is 1. The van der Waals surface area contributed by atoms with Crippen molar-refractivity contribution < 1.29 is 24.9 Å². The van der Waals surface area contributed by atoms with Crippen molar-refractivity contribution in [3.63, 3.8) is 0 Å². The van der Waals surface area contributed by atoms with Crippen LogP contribution in [-0.2, 0) is 11.2 Å². The van der Waals surface area contributed by atoms with E-state index in [2.05, 4.69) is 10.6 Å². The fraction of sp³-hybridized carbons (Fsp3) is 0.385. The van der Waals surface area contributed by atoms with Crippen LogP contribution in [0.25, 0.3) is 0 Å². The molecule has 0 bridgehead atoms. The SMILES string of the molecule is CSCCNC(=O)N[C@@H](Cc1ccc(O)c(O)c1)C(=O)O. The first-order valence-corrected chi connectivity index (χ1v) is 7.60. The normalized spacial score (nSPS) is 11.7. The van der Waals surface area contributed by atoms with Gasteiger partial charge in [-0.3, -0.25) is 0 Å². The molecule has 1 rings (SSSR count). The number of phenolic OH excluding ortho intramolecular Hbond substituents is 2. The first-order chi connectivity index (χ1) is 9.93. The smallest absolute Gasteiger partial charge is 0.326 e. The maximum atomic E-state index is 11.6. The van der Waals surface area contributed by atoms with Crippen molar-refractivity contribution in [2.45, 2.75) is 12.5 Å². The van der Waals surface area contributed by atoms with Gasteiger partial charge < -0.3 is 26.0 Å². The molecule has 1 atom stereocenters. The summed E-state index contributed by atoms with van der Waals surface area (Å²) in [6, 6.07) is 2.33. The van der Waals surface area contributed by atoms with E-state index in [9.17, 15) is 19.8 Å². The van der Waals surface area contributed by atoms with Crippen LogP contribution in [0.4, 0.5) is 4.79 Å². The van der Waals surface area contributed by atoms with E-state index in [0.29, 0.717) is 12.1 Å². The van der Waals surface area contributed by atoms with Gasteiger partial charge in [-0.15, -0.1) is 0 Å². The highest BCUT2D eigenvalue weighted by molar-refractivity contribution is 7.98. The Kier molecular flexibility index (Phi) is 6.67. The Bertz CT molecular complexity index is 509. The van der Waals surface area contributed by atoms with Crippen LogP contribution in [0.2, 0.25) is 0 Å². The maximum Gasteiger partial charge on any atom is 0.326 e. The molecule has 0 aliphatic rings. The number of hydrogen-bond donors (Lipinski definition) is 5. The standard InChI is InChI=1S/C13H18N2O5S/c1-21-5-4-14-13(20)15-9(12(18)19)6-8-2-3-10(16)11(17)7-8/h2-3,7,9,16-17H,4-6H2,1H3,(H,18,19)(H2,14,15,20)/t9-/m0/s1. The molecule has 0 saturated heterocycles. The Hall–Kier alpha value is -2.09. The highest BCUT2D eigenvalue weighted by Crippen LogP contribution is 2.25. The third-order valence-corrected chi connectivity index (χ3v) is 3.29. The Morgan fingerprint density at radius 2 is 2.00 bits per heavy atom. The second-order valence-electron chi connectivity index (χ2n) is 4.31. The van der Waals surface area contributed by atoms with Crippen molar-refractivity contribution in [3.05, 3.63) is 23.8 Å². The first-order valence-electron chi connectivity index (χ1n) is 6.21. The number of aromatic hydroxyl groups is 2. The number of carbonyl (C=O) groups is 2. The summed E-state index contributed by atoms with van der Waals surface area (Å²) in [7, 11) is 0. The van der Waals surface area contributed by atoms with E-state index in [1.54, 1.807) is 11.8 Å². The Morgan fingerprint density at radius 3 is 2.57 bits per heavy atom. The number of carbonyl (C=O) groups excluding carboxylic acids is 1. The van der Waals surface area contributed by atoms with E-state index in [1.807, 2.05) is 6.26 Å². The van der Waals surface area contributed by atoms with Crippen molar-refractivity contribution in [1.82, 2.24) is 10.6 Å². The molecule has 0 heterocycles. The number of urea groups is 1. The number of hydrogen-bond acceptors (Lipinski definition) is 5. The van der Waals surface area contributed by atoms with Crippen molar-refractivity contribution >= 4 is 23.8 Å². The number of carboxylic acids is 1. The van der Waals surface area contributed by atoms with Crippen LogP contribution in [0.1, 0.15) is 5.56 Å². The van der Waals surface area contributed by atoms with E-state index >= 15 is 0 Å². The number of rotatable bonds is 7. The molecule has 7 nitrogen and oxygen atoms in total. The summed E-state index contributed by atoms with van der Waals surface area (Å²) in [5, 5.41) is 32.6. The van der Waals surface area contributed by atoms with Crippen molar-refractivity contribution in [2.24, 2.45) is 0 Å². The molecule has 0 unspecified atom stereocenters. The number of amides is 2. The van der Waals surface area contributed by atoms with Crippen molar-refractivity contribution in [1.29, 1.82) is 0 Å². The van der Waals surface area contributed by atoms with Crippen LogP contribution in [0.5, 0.6) is 11.5 Å². The van der Waals surface area contributed by atoms with E-state index < -0.39 is 18.0 Å². The van der Waals surface area contributed by atoms with Gasteiger partial charge in [-0.05, 0) is 24.0 Å². The molecule has 0 aromatic heterocycles. The molecule has 0 spiro atoms. The highest BCUT2D eigenvalue weighted by Gasteiger charge is 2.20. The Balaban J connectivity index is 2.63. The van der Waals surface area contributed by atoms with Gasteiger partial charge in [-0.1, -0.05) is 6.07 Å². The van der Waals surface area contributed by atoms with Gasteiger partial charge in [0.25, 0.3) is 0 Å². The molecular formula is C13H18N2O5S. The van der Waals surface area contributed by atoms with E-state index in [0.717, 1.165) is 5.75 Å². The molecule has 1 aromatic rings. The molecule has 116 valence electrons. The fourth-order valence-corrected chi connectivity index (χ4v) is 1.91. The minimum atomic E-state index is -1.18. The number of phenols is 2. The molecule has 0 radical (unpaired) electrons. The summed E-state index contributed by atoms with van der Waals surface area (Å²) in [5.74, 6) is -1.06. The van der Waals surface area contributed by atoms with Gasteiger partial charge in [-0.2, -0.15) is 11.8 Å². The molecule has 0 aliphatic heterocycles. The number of carboxylic acid groups (broad SMARTS) is 1. The summed E-state index contributed by atoms with van der Waals surface area (Å²) in [6.07, 6.45) is 1.90. The zero-order valence-electron chi connectivity index (χ0n) is 11.5.